The van der Waals surface area contributed by atoms with Gasteiger partial charge >= 0.3 is 0 Å². The molecule has 0 radical (unpaired) electrons. The van der Waals surface area contributed by atoms with Gasteiger partial charge in [-0.25, -0.2) is 0 Å². The van der Waals surface area contributed by atoms with Crippen LogP contribution in [0, 0.1) is 15.5 Å². The number of carbonyl (C=O) groups is 2. The molecule has 3 rings (SSSR count). The Kier molecular flexibility index (Phi) is 3.75. The molecule has 0 aromatic heterocycles. The summed E-state index contributed by atoms with van der Waals surface area (Å²) in [7, 11) is 0. The van der Waals surface area contributed by atoms with Crippen LogP contribution in [0.1, 0.15) is 19.4 Å². The third kappa shape index (κ3) is 2.15. The molecule has 1 aromatic rings. The number of thiocarbonyl (C=S) groups is 1. The lowest BCUT2D eigenvalue weighted by molar-refractivity contribution is -0.384. The van der Waals surface area contributed by atoms with Crippen LogP contribution in [-0.2, 0) is 16.0 Å². The number of fused-ring (bicyclic) bond motifs is 1. The molecule has 2 aliphatic rings. The van der Waals surface area contributed by atoms with Crippen molar-refractivity contribution in [2.45, 2.75) is 26.3 Å². The maximum atomic E-state index is 12.7. The van der Waals surface area contributed by atoms with E-state index in [1.807, 2.05) is 11.8 Å². The summed E-state index contributed by atoms with van der Waals surface area (Å²) in [5.41, 5.74) is -0.0422. The van der Waals surface area contributed by atoms with E-state index < -0.39 is 28.2 Å². The van der Waals surface area contributed by atoms with Gasteiger partial charge in [-0.1, -0.05) is 0 Å². The zero-order chi connectivity index (χ0) is 17.6. The van der Waals surface area contributed by atoms with Crippen molar-refractivity contribution in [1.82, 2.24) is 10.6 Å². The molecule has 2 amide bonds. The Morgan fingerprint density at radius 3 is 2.54 bits per heavy atom. The maximum Gasteiger partial charge on any atom is 0.269 e. The second-order valence-corrected chi connectivity index (χ2v) is 6.33. The molecule has 24 heavy (non-hydrogen) atoms. The topological polar surface area (TPSA) is 105 Å². The number of amides is 2. The van der Waals surface area contributed by atoms with E-state index in [0.717, 1.165) is 5.69 Å². The third-order valence-corrected chi connectivity index (χ3v) is 5.04. The molecule has 0 unspecified atom stereocenters. The van der Waals surface area contributed by atoms with Gasteiger partial charge in [0.1, 0.15) is 0 Å². The van der Waals surface area contributed by atoms with Crippen molar-refractivity contribution >= 4 is 40.5 Å². The Morgan fingerprint density at radius 1 is 1.38 bits per heavy atom. The predicted octanol–water partition coefficient (Wildman–Crippen LogP) is 0.883. The largest absolute Gasteiger partial charge is 0.367 e. The smallest absolute Gasteiger partial charge is 0.269 e. The van der Waals surface area contributed by atoms with Gasteiger partial charge in [-0.2, -0.15) is 0 Å². The second-order valence-electron chi connectivity index (χ2n) is 5.92. The molecular formula is C15H16N4O4S. The molecule has 1 fully saturated rings. The average molecular weight is 348 g/mol. The summed E-state index contributed by atoms with van der Waals surface area (Å²) in [4.78, 5) is 37.8. The Hall–Kier alpha value is -2.55. The molecule has 0 saturated carbocycles. The first kappa shape index (κ1) is 16.3. The molecule has 2 aliphatic heterocycles. The number of anilines is 1. The third-order valence-electron chi connectivity index (χ3n) is 4.84. The number of benzene rings is 1. The first-order valence-electron chi connectivity index (χ1n) is 7.52. The van der Waals surface area contributed by atoms with Gasteiger partial charge in [0.25, 0.3) is 5.69 Å². The highest BCUT2D eigenvalue weighted by molar-refractivity contribution is 7.80. The molecule has 2 heterocycles. The normalized spacial score (nSPS) is 22.0. The summed E-state index contributed by atoms with van der Waals surface area (Å²) in [5, 5.41) is 16.1. The number of non-ortho nitro benzene ring substituents is 1. The minimum absolute atomic E-state index is 0.0179. The van der Waals surface area contributed by atoms with E-state index >= 15 is 0 Å². The number of hydrogen-bond acceptors (Lipinski definition) is 6. The fourth-order valence-electron chi connectivity index (χ4n) is 3.58. The molecule has 0 bridgehead atoms. The number of nitro groups is 1. The highest BCUT2D eigenvalue weighted by Crippen LogP contribution is 2.43. The molecule has 2 N–H and O–H groups in total. The van der Waals surface area contributed by atoms with Crippen LogP contribution >= 0.6 is 12.2 Å². The molecule has 9 heteroatoms. The van der Waals surface area contributed by atoms with Gasteiger partial charge in [0.2, 0.25) is 11.8 Å². The molecule has 1 aromatic carbocycles. The summed E-state index contributed by atoms with van der Waals surface area (Å²) in [6.45, 7) is 4.27. The van der Waals surface area contributed by atoms with E-state index in [-0.39, 0.29) is 17.2 Å². The zero-order valence-electron chi connectivity index (χ0n) is 13.2. The number of nitrogens with one attached hydrogen (secondary N) is 2. The molecular weight excluding hydrogens is 332 g/mol. The van der Waals surface area contributed by atoms with Crippen molar-refractivity contribution < 1.29 is 14.5 Å². The van der Waals surface area contributed by atoms with Crippen molar-refractivity contribution in [1.29, 1.82) is 0 Å². The monoisotopic (exact) mass is 348 g/mol. The van der Waals surface area contributed by atoms with Crippen LogP contribution in [0.3, 0.4) is 0 Å². The molecule has 1 spiro atoms. The molecule has 1 saturated heterocycles. The van der Waals surface area contributed by atoms with Gasteiger partial charge < -0.3 is 15.5 Å². The van der Waals surface area contributed by atoms with Crippen LogP contribution in [0.15, 0.2) is 18.2 Å². The fourth-order valence-corrected chi connectivity index (χ4v) is 3.76. The second kappa shape index (κ2) is 5.52. The van der Waals surface area contributed by atoms with Crippen molar-refractivity contribution in [2.24, 2.45) is 5.41 Å². The van der Waals surface area contributed by atoms with Crippen molar-refractivity contribution in [3.63, 3.8) is 0 Å². The van der Waals surface area contributed by atoms with E-state index in [0.29, 0.717) is 12.1 Å². The Labute approximate surface area is 143 Å². The SMILES string of the molecule is CCN1c2ccc([N+](=O)[O-])cc2CC2(C(=O)NC(=S)NC2=O)[C@H]1C. The highest BCUT2D eigenvalue weighted by Gasteiger charge is 2.57. The number of carbonyl (C=O) groups excluding carboxylic acids is 2. The first-order valence-corrected chi connectivity index (χ1v) is 7.93. The summed E-state index contributed by atoms with van der Waals surface area (Å²) < 4.78 is 0. The molecule has 0 aliphatic carbocycles. The maximum absolute atomic E-state index is 12.7. The van der Waals surface area contributed by atoms with E-state index in [2.05, 4.69) is 10.6 Å². The van der Waals surface area contributed by atoms with Gasteiger partial charge in [-0.15, -0.1) is 0 Å². The van der Waals surface area contributed by atoms with Crippen molar-refractivity contribution in [3.05, 3.63) is 33.9 Å². The quantitative estimate of drug-likeness (QED) is 0.356. The Balaban J connectivity index is 2.16. The summed E-state index contributed by atoms with van der Waals surface area (Å²) in [6, 6.07) is 4.12. The number of hydrogen-bond donors (Lipinski definition) is 2. The molecule has 8 nitrogen and oxygen atoms in total. The van der Waals surface area contributed by atoms with Gasteiger partial charge in [-0.05, 0) is 37.7 Å². The van der Waals surface area contributed by atoms with E-state index in [1.54, 1.807) is 13.0 Å². The zero-order valence-corrected chi connectivity index (χ0v) is 14.0. The predicted molar refractivity (Wildman–Crippen MR) is 90.6 cm³/mol. The van der Waals surface area contributed by atoms with Crippen molar-refractivity contribution in [3.8, 4) is 0 Å². The minimum atomic E-state index is -1.37. The fraction of sp³-hybridized carbons (Fsp3) is 0.400. The summed E-state index contributed by atoms with van der Waals surface area (Å²) in [6.07, 6.45) is 0.0853. The van der Waals surface area contributed by atoms with Crippen molar-refractivity contribution in [2.75, 3.05) is 11.4 Å². The van der Waals surface area contributed by atoms with Crippen LogP contribution in [0.4, 0.5) is 11.4 Å². The Bertz CT molecular complexity index is 759. The first-order chi connectivity index (χ1) is 11.3. The van der Waals surface area contributed by atoms with Gasteiger partial charge in [0.15, 0.2) is 10.5 Å². The highest BCUT2D eigenvalue weighted by atomic mass is 32.1. The van der Waals surface area contributed by atoms with E-state index in [1.165, 1.54) is 12.1 Å². The van der Waals surface area contributed by atoms with Crippen LogP contribution in [0.5, 0.6) is 0 Å². The van der Waals surface area contributed by atoms with E-state index in [4.69, 9.17) is 12.2 Å². The average Bonchev–Trinajstić information content (AvgIpc) is 2.52. The number of nitrogens with zero attached hydrogens (tertiary/aromatic N) is 2. The lowest BCUT2D eigenvalue weighted by Crippen LogP contribution is -2.70. The molecule has 1 atom stereocenters. The van der Waals surface area contributed by atoms with Crippen LogP contribution < -0.4 is 15.5 Å². The van der Waals surface area contributed by atoms with Gasteiger partial charge in [-0.3, -0.25) is 19.7 Å². The minimum Gasteiger partial charge on any atom is -0.367 e. The lowest BCUT2D eigenvalue weighted by atomic mass is 9.69. The van der Waals surface area contributed by atoms with Crippen LogP contribution in [0.2, 0.25) is 0 Å². The lowest BCUT2D eigenvalue weighted by Gasteiger charge is -2.49. The number of nitro benzene ring substituents is 1. The standard InChI is InChI=1S/C15H16N4O4S/c1-3-18-8(2)15(12(20)16-14(24)17-13(15)21)7-9-6-10(19(22)23)4-5-11(9)18/h4-6,8H,3,7H2,1-2H3,(H2,16,17,20,21,24)/t8-/m1/s1. The Morgan fingerprint density at radius 2 is 2.00 bits per heavy atom. The summed E-state index contributed by atoms with van der Waals surface area (Å²) >= 11 is 4.87. The summed E-state index contributed by atoms with van der Waals surface area (Å²) in [5.74, 6) is -0.946. The molecule has 126 valence electrons. The van der Waals surface area contributed by atoms with Crippen LogP contribution in [0.25, 0.3) is 0 Å². The number of rotatable bonds is 2. The van der Waals surface area contributed by atoms with E-state index in [9.17, 15) is 19.7 Å². The van der Waals surface area contributed by atoms with Crippen LogP contribution in [-0.4, -0.2) is 34.4 Å². The van der Waals surface area contributed by atoms with Gasteiger partial charge in [0.05, 0.1) is 4.92 Å². The van der Waals surface area contributed by atoms with Gasteiger partial charge in [0, 0.05) is 36.8 Å².